The molecule has 0 saturated heterocycles. The van der Waals surface area contributed by atoms with Crippen LogP contribution in [0.25, 0.3) is 0 Å². The van der Waals surface area contributed by atoms with Gasteiger partial charge in [0.25, 0.3) is 0 Å². The Bertz CT molecular complexity index is 380. The summed E-state index contributed by atoms with van der Waals surface area (Å²) >= 11 is 0. The summed E-state index contributed by atoms with van der Waals surface area (Å²) in [6.45, 7) is 0.366. The Morgan fingerprint density at radius 3 is 2.82 bits per heavy atom. The first-order chi connectivity index (χ1) is 8.21. The van der Waals surface area contributed by atoms with Crippen LogP contribution in [-0.4, -0.2) is 36.3 Å². The molecule has 0 aliphatic heterocycles. The van der Waals surface area contributed by atoms with Crippen LogP contribution in [-0.2, 0) is 16.1 Å². The molecule has 0 spiro atoms. The van der Waals surface area contributed by atoms with Crippen LogP contribution in [0.2, 0.25) is 0 Å². The molecular formula is C11H18N4O2. The van der Waals surface area contributed by atoms with Gasteiger partial charge in [0.2, 0.25) is 0 Å². The quantitative estimate of drug-likeness (QED) is 0.789. The lowest BCUT2D eigenvalue weighted by molar-refractivity contribution is 0.0328. The van der Waals surface area contributed by atoms with Gasteiger partial charge in [0, 0.05) is 26.3 Å². The second-order valence-corrected chi connectivity index (χ2v) is 4.20. The predicted molar refractivity (Wildman–Crippen MR) is 64.6 cm³/mol. The van der Waals surface area contributed by atoms with Crippen molar-refractivity contribution in [1.82, 2.24) is 9.97 Å². The number of rotatable bonds is 5. The maximum absolute atomic E-state index is 5.71. The molecule has 6 heteroatoms. The highest BCUT2D eigenvalue weighted by atomic mass is 16.5. The minimum Gasteiger partial charge on any atom is -0.384 e. The monoisotopic (exact) mass is 238 g/mol. The molecule has 3 N–H and O–H groups in total. The van der Waals surface area contributed by atoms with Crippen molar-refractivity contribution in [1.29, 1.82) is 0 Å². The molecule has 0 unspecified atom stereocenters. The molecule has 1 aliphatic rings. The van der Waals surface area contributed by atoms with Crippen molar-refractivity contribution in [2.75, 3.05) is 25.3 Å². The lowest BCUT2D eigenvalue weighted by Crippen LogP contribution is -2.40. The molecule has 0 radical (unpaired) electrons. The van der Waals surface area contributed by atoms with Gasteiger partial charge in [0.05, 0.1) is 6.10 Å². The first-order valence-electron chi connectivity index (χ1n) is 5.63. The third-order valence-corrected chi connectivity index (χ3v) is 2.85. The smallest absolute Gasteiger partial charge is 0.158 e. The Balaban J connectivity index is 1.96. The normalized spacial score (nSPS) is 23.2. The molecule has 1 saturated carbocycles. The molecule has 1 heterocycles. The molecule has 1 aromatic rings. The first-order valence-corrected chi connectivity index (χ1v) is 5.63. The molecular weight excluding hydrogens is 220 g/mol. The van der Waals surface area contributed by atoms with Crippen LogP contribution in [0.15, 0.2) is 6.07 Å². The molecule has 0 atom stereocenters. The molecule has 1 aliphatic carbocycles. The van der Waals surface area contributed by atoms with E-state index < -0.39 is 0 Å². The summed E-state index contributed by atoms with van der Waals surface area (Å²) in [4.78, 5) is 8.41. The summed E-state index contributed by atoms with van der Waals surface area (Å²) in [5, 5.41) is 3.32. The van der Waals surface area contributed by atoms with Crippen LogP contribution in [0.1, 0.15) is 18.7 Å². The molecule has 17 heavy (non-hydrogen) atoms. The van der Waals surface area contributed by atoms with Gasteiger partial charge in [-0.05, 0) is 12.8 Å². The van der Waals surface area contributed by atoms with Crippen molar-refractivity contribution in [3.05, 3.63) is 11.9 Å². The zero-order valence-electron chi connectivity index (χ0n) is 10.1. The van der Waals surface area contributed by atoms with Gasteiger partial charge in [-0.15, -0.1) is 0 Å². The van der Waals surface area contributed by atoms with E-state index in [1.807, 2.05) is 0 Å². The lowest BCUT2D eigenvalue weighted by atomic mass is 9.89. The fraction of sp³-hybridized carbons (Fsp3) is 0.636. The number of nitrogens with one attached hydrogen (secondary N) is 1. The summed E-state index contributed by atoms with van der Waals surface area (Å²) in [6.07, 6.45) is 2.37. The number of methoxy groups -OCH3 is 2. The number of nitrogens with two attached hydrogens (primary N) is 1. The van der Waals surface area contributed by atoms with Gasteiger partial charge in [-0.2, -0.15) is 0 Å². The van der Waals surface area contributed by atoms with Gasteiger partial charge in [-0.3, -0.25) is 0 Å². The second-order valence-electron chi connectivity index (χ2n) is 4.20. The Kier molecular flexibility index (Phi) is 3.75. The molecule has 94 valence electrons. The number of anilines is 2. The third-order valence-electron chi connectivity index (χ3n) is 2.85. The van der Waals surface area contributed by atoms with E-state index in [0.29, 0.717) is 30.4 Å². The van der Waals surface area contributed by atoms with Gasteiger partial charge in [-0.1, -0.05) is 0 Å². The lowest BCUT2D eigenvalue weighted by Gasteiger charge is -2.34. The molecule has 0 amide bonds. The van der Waals surface area contributed by atoms with Gasteiger partial charge in [0.15, 0.2) is 5.82 Å². The molecule has 6 nitrogen and oxygen atoms in total. The van der Waals surface area contributed by atoms with E-state index in [0.717, 1.165) is 18.7 Å². The number of hydrogen-bond acceptors (Lipinski definition) is 6. The van der Waals surface area contributed by atoms with E-state index in [9.17, 15) is 0 Å². The largest absolute Gasteiger partial charge is 0.384 e. The SMILES string of the molecule is COCc1nc(N)cc(NC2CC(OC)C2)n1. The molecule has 1 fully saturated rings. The van der Waals surface area contributed by atoms with Crippen LogP contribution < -0.4 is 11.1 Å². The second kappa shape index (κ2) is 5.29. The van der Waals surface area contributed by atoms with Gasteiger partial charge >= 0.3 is 0 Å². The highest BCUT2D eigenvalue weighted by molar-refractivity contribution is 5.45. The zero-order chi connectivity index (χ0) is 12.3. The summed E-state index contributed by atoms with van der Waals surface area (Å²) in [7, 11) is 3.34. The molecule has 2 rings (SSSR count). The third kappa shape index (κ3) is 3.04. The summed E-state index contributed by atoms with van der Waals surface area (Å²) < 4.78 is 10.2. The summed E-state index contributed by atoms with van der Waals surface area (Å²) in [5.41, 5.74) is 5.71. The van der Waals surface area contributed by atoms with Crippen LogP contribution in [0, 0.1) is 0 Å². The Morgan fingerprint density at radius 1 is 1.41 bits per heavy atom. The highest BCUT2D eigenvalue weighted by Crippen LogP contribution is 2.26. The maximum Gasteiger partial charge on any atom is 0.158 e. The summed E-state index contributed by atoms with van der Waals surface area (Å²) in [5.74, 6) is 1.80. The van der Waals surface area contributed by atoms with Gasteiger partial charge in [-0.25, -0.2) is 9.97 Å². The van der Waals surface area contributed by atoms with Crippen molar-refractivity contribution < 1.29 is 9.47 Å². The average Bonchev–Trinajstić information content (AvgIpc) is 2.22. The number of hydrogen-bond donors (Lipinski definition) is 2. The minimum absolute atomic E-state index is 0.366. The summed E-state index contributed by atoms with van der Waals surface area (Å²) in [6, 6.07) is 2.14. The molecule has 1 aromatic heterocycles. The van der Waals surface area contributed by atoms with Gasteiger partial charge < -0.3 is 20.5 Å². The Morgan fingerprint density at radius 2 is 2.18 bits per heavy atom. The topological polar surface area (TPSA) is 82.3 Å². The van der Waals surface area contributed by atoms with E-state index in [4.69, 9.17) is 15.2 Å². The van der Waals surface area contributed by atoms with Crippen molar-refractivity contribution in [2.45, 2.75) is 31.6 Å². The fourth-order valence-electron chi connectivity index (χ4n) is 1.87. The minimum atomic E-state index is 0.366. The Labute approximate surface area is 101 Å². The number of nitrogens with zero attached hydrogens (tertiary/aromatic N) is 2. The van der Waals surface area contributed by atoms with Crippen LogP contribution >= 0.6 is 0 Å². The highest BCUT2D eigenvalue weighted by Gasteiger charge is 2.29. The number of nitrogen functional groups attached to an aromatic ring is 1. The van der Waals surface area contributed by atoms with Crippen molar-refractivity contribution in [3.8, 4) is 0 Å². The maximum atomic E-state index is 5.71. The van der Waals surface area contributed by atoms with Crippen molar-refractivity contribution in [2.24, 2.45) is 0 Å². The number of aromatic nitrogens is 2. The fourth-order valence-corrected chi connectivity index (χ4v) is 1.87. The van der Waals surface area contributed by atoms with Crippen molar-refractivity contribution in [3.63, 3.8) is 0 Å². The standard InChI is InChI=1S/C11H18N4O2/c1-16-6-11-14-9(12)5-10(15-11)13-7-3-8(4-7)17-2/h5,7-8H,3-4,6H2,1-2H3,(H3,12,13,14,15). The first kappa shape index (κ1) is 12.1. The number of ether oxygens (including phenoxy) is 2. The zero-order valence-corrected chi connectivity index (χ0v) is 10.1. The predicted octanol–water partition coefficient (Wildman–Crippen LogP) is 0.794. The Hall–Kier alpha value is -1.40. The average molecular weight is 238 g/mol. The van der Waals surface area contributed by atoms with Gasteiger partial charge in [0.1, 0.15) is 18.2 Å². The van der Waals surface area contributed by atoms with Crippen LogP contribution in [0.5, 0.6) is 0 Å². The van der Waals surface area contributed by atoms with E-state index >= 15 is 0 Å². The molecule has 0 bridgehead atoms. The van der Waals surface area contributed by atoms with Crippen LogP contribution in [0.3, 0.4) is 0 Å². The van der Waals surface area contributed by atoms with E-state index in [1.54, 1.807) is 20.3 Å². The van der Waals surface area contributed by atoms with Crippen molar-refractivity contribution >= 4 is 11.6 Å². The van der Waals surface area contributed by atoms with E-state index in [-0.39, 0.29) is 0 Å². The van der Waals surface area contributed by atoms with Crippen LogP contribution in [0.4, 0.5) is 11.6 Å². The van der Waals surface area contributed by atoms with E-state index in [2.05, 4.69) is 15.3 Å². The van der Waals surface area contributed by atoms with E-state index in [1.165, 1.54) is 0 Å². The molecule has 0 aromatic carbocycles.